The zero-order valence-electron chi connectivity index (χ0n) is 18.0. The first-order chi connectivity index (χ1) is 14.5. The number of carbonyl (C=O) groups excluding carboxylic acids is 1. The van der Waals surface area contributed by atoms with Crippen molar-refractivity contribution in [3.8, 4) is 0 Å². The van der Waals surface area contributed by atoms with Gasteiger partial charge in [-0.2, -0.15) is 0 Å². The lowest BCUT2D eigenvalue weighted by Gasteiger charge is -2.24. The number of thiophene rings is 1. The lowest BCUT2D eigenvalue weighted by atomic mass is 10.2. The molecule has 30 heavy (non-hydrogen) atoms. The highest BCUT2D eigenvalue weighted by Crippen LogP contribution is 2.33. The number of amides is 1. The van der Waals surface area contributed by atoms with E-state index in [-0.39, 0.29) is 16.7 Å². The van der Waals surface area contributed by atoms with Gasteiger partial charge in [-0.15, -0.1) is 11.3 Å². The SMILES string of the molecule is CCC(Sc1nc2c(sc3ccccc32)c(=O)n1CCCOC)C(=O)N(CC)CC. The Bertz CT molecular complexity index is 1070. The molecule has 3 rings (SSSR count). The van der Waals surface area contributed by atoms with Gasteiger partial charge in [-0.25, -0.2) is 4.98 Å². The van der Waals surface area contributed by atoms with Crippen LogP contribution in [0.5, 0.6) is 0 Å². The molecule has 0 aliphatic rings. The number of aromatic nitrogens is 2. The first-order valence-corrected chi connectivity index (χ1v) is 12.1. The summed E-state index contributed by atoms with van der Waals surface area (Å²) in [5, 5.41) is 1.33. The fourth-order valence-electron chi connectivity index (χ4n) is 3.48. The van der Waals surface area contributed by atoms with Crippen molar-refractivity contribution in [1.82, 2.24) is 14.5 Å². The number of ether oxygens (including phenoxy) is 1. The minimum absolute atomic E-state index is 0.0371. The second kappa shape index (κ2) is 10.4. The van der Waals surface area contributed by atoms with Crippen LogP contribution in [0.25, 0.3) is 20.3 Å². The van der Waals surface area contributed by atoms with Crippen molar-refractivity contribution in [3.63, 3.8) is 0 Å². The fraction of sp³-hybridized carbons (Fsp3) is 0.500. The molecule has 162 valence electrons. The number of benzene rings is 1. The summed E-state index contributed by atoms with van der Waals surface area (Å²) in [6.07, 6.45) is 1.39. The Kier molecular flexibility index (Phi) is 7.91. The maximum Gasteiger partial charge on any atom is 0.272 e. The summed E-state index contributed by atoms with van der Waals surface area (Å²) >= 11 is 2.89. The Hall–Kier alpha value is -1.90. The van der Waals surface area contributed by atoms with Crippen LogP contribution in [0.4, 0.5) is 0 Å². The molecule has 2 heterocycles. The number of fused-ring (bicyclic) bond motifs is 3. The van der Waals surface area contributed by atoms with Crippen molar-refractivity contribution in [2.75, 3.05) is 26.8 Å². The predicted octanol–water partition coefficient (Wildman–Crippen LogP) is 4.39. The van der Waals surface area contributed by atoms with E-state index in [0.29, 0.717) is 48.9 Å². The van der Waals surface area contributed by atoms with Gasteiger partial charge in [0.2, 0.25) is 5.91 Å². The van der Waals surface area contributed by atoms with Crippen molar-refractivity contribution in [2.24, 2.45) is 0 Å². The Morgan fingerprint density at radius 2 is 2.00 bits per heavy atom. The molecule has 0 saturated carbocycles. The third-order valence-corrected chi connectivity index (χ3v) is 7.64. The van der Waals surface area contributed by atoms with Gasteiger partial charge in [0.15, 0.2) is 5.16 Å². The smallest absolute Gasteiger partial charge is 0.272 e. The van der Waals surface area contributed by atoms with Crippen molar-refractivity contribution in [1.29, 1.82) is 0 Å². The number of thioether (sulfide) groups is 1. The van der Waals surface area contributed by atoms with E-state index >= 15 is 0 Å². The summed E-state index contributed by atoms with van der Waals surface area (Å²) in [5.41, 5.74) is 0.696. The molecule has 0 aliphatic heterocycles. The summed E-state index contributed by atoms with van der Waals surface area (Å²) in [6.45, 7) is 8.41. The number of carbonyl (C=O) groups is 1. The monoisotopic (exact) mass is 447 g/mol. The maximum absolute atomic E-state index is 13.4. The van der Waals surface area contributed by atoms with Gasteiger partial charge >= 0.3 is 0 Å². The number of hydrogen-bond donors (Lipinski definition) is 0. The number of rotatable bonds is 10. The minimum Gasteiger partial charge on any atom is -0.385 e. The Morgan fingerprint density at radius 3 is 2.67 bits per heavy atom. The van der Waals surface area contributed by atoms with Gasteiger partial charge in [-0.1, -0.05) is 36.9 Å². The first-order valence-electron chi connectivity index (χ1n) is 10.4. The molecule has 0 N–H and O–H groups in total. The average Bonchev–Trinajstić information content (AvgIpc) is 3.13. The summed E-state index contributed by atoms with van der Waals surface area (Å²) in [7, 11) is 1.65. The van der Waals surface area contributed by atoms with E-state index in [9.17, 15) is 9.59 Å². The third-order valence-electron chi connectivity index (χ3n) is 5.15. The van der Waals surface area contributed by atoms with Crippen molar-refractivity contribution >= 4 is 49.3 Å². The lowest BCUT2D eigenvalue weighted by molar-refractivity contribution is -0.130. The molecule has 1 atom stereocenters. The van der Waals surface area contributed by atoms with Crippen LogP contribution in [0, 0.1) is 0 Å². The predicted molar refractivity (Wildman–Crippen MR) is 126 cm³/mol. The zero-order valence-corrected chi connectivity index (χ0v) is 19.6. The summed E-state index contributed by atoms with van der Waals surface area (Å²) < 4.78 is 8.62. The quantitative estimate of drug-likeness (QED) is 0.262. The normalized spacial score (nSPS) is 12.5. The molecule has 1 aromatic carbocycles. The molecule has 0 aliphatic carbocycles. The van der Waals surface area contributed by atoms with Gasteiger partial charge in [-0.05, 0) is 32.8 Å². The van der Waals surface area contributed by atoms with Crippen LogP contribution in [0.2, 0.25) is 0 Å². The molecule has 3 aromatic rings. The number of methoxy groups -OCH3 is 1. The molecule has 2 aromatic heterocycles. The standard InChI is InChI=1S/C22H29N3O3S2/c1-5-16(20(26)24(6-2)7-3)30-22-23-18-15-11-8-9-12-17(15)29-19(18)21(27)25(22)13-10-14-28-4/h8-9,11-12,16H,5-7,10,13-14H2,1-4H3. The van der Waals surface area contributed by atoms with E-state index in [2.05, 4.69) is 0 Å². The van der Waals surface area contributed by atoms with Crippen LogP contribution in [0.1, 0.15) is 33.6 Å². The van der Waals surface area contributed by atoms with Crippen LogP contribution < -0.4 is 5.56 Å². The van der Waals surface area contributed by atoms with Crippen molar-refractivity contribution in [3.05, 3.63) is 34.6 Å². The Balaban J connectivity index is 2.09. The molecule has 6 nitrogen and oxygen atoms in total. The second-order valence-corrected chi connectivity index (χ2v) is 9.22. The highest BCUT2D eigenvalue weighted by molar-refractivity contribution is 8.00. The molecular weight excluding hydrogens is 418 g/mol. The molecule has 0 fully saturated rings. The largest absolute Gasteiger partial charge is 0.385 e. The minimum atomic E-state index is -0.271. The molecular formula is C22H29N3O3S2. The first kappa shape index (κ1) is 22.8. The van der Waals surface area contributed by atoms with Crippen LogP contribution in [-0.4, -0.2) is 52.4 Å². The van der Waals surface area contributed by atoms with E-state index in [1.165, 1.54) is 23.1 Å². The highest BCUT2D eigenvalue weighted by atomic mass is 32.2. The Labute approximate surface area is 185 Å². The van der Waals surface area contributed by atoms with Gasteiger partial charge in [0.1, 0.15) is 4.70 Å². The molecule has 0 bridgehead atoms. The van der Waals surface area contributed by atoms with Gasteiger partial charge in [-0.3, -0.25) is 14.2 Å². The molecule has 1 unspecified atom stereocenters. The molecule has 8 heteroatoms. The lowest BCUT2D eigenvalue weighted by Crippen LogP contribution is -2.37. The van der Waals surface area contributed by atoms with Crippen LogP contribution >= 0.6 is 23.1 Å². The molecule has 1 amide bonds. The second-order valence-electron chi connectivity index (χ2n) is 7.00. The van der Waals surface area contributed by atoms with Crippen molar-refractivity contribution < 1.29 is 9.53 Å². The third kappa shape index (κ3) is 4.55. The van der Waals surface area contributed by atoms with Crippen molar-refractivity contribution in [2.45, 2.75) is 50.6 Å². The topological polar surface area (TPSA) is 64.4 Å². The summed E-state index contributed by atoms with van der Waals surface area (Å²) in [6, 6.07) is 7.96. The van der Waals surface area contributed by atoms with Gasteiger partial charge in [0.05, 0.1) is 10.8 Å². The van der Waals surface area contributed by atoms with E-state index < -0.39 is 0 Å². The van der Waals surface area contributed by atoms with E-state index in [4.69, 9.17) is 9.72 Å². The zero-order chi connectivity index (χ0) is 21.7. The maximum atomic E-state index is 13.4. The van der Waals surface area contributed by atoms with Gasteiger partial charge in [0, 0.05) is 43.4 Å². The van der Waals surface area contributed by atoms with E-state index in [1.54, 1.807) is 11.7 Å². The van der Waals surface area contributed by atoms with E-state index in [1.807, 2.05) is 49.9 Å². The van der Waals surface area contributed by atoms with Crippen LogP contribution in [0.15, 0.2) is 34.2 Å². The van der Waals surface area contributed by atoms with Gasteiger partial charge < -0.3 is 9.64 Å². The highest BCUT2D eigenvalue weighted by Gasteiger charge is 2.25. The fourth-order valence-corrected chi connectivity index (χ4v) is 5.69. The Morgan fingerprint density at radius 1 is 1.27 bits per heavy atom. The van der Waals surface area contributed by atoms with Crippen LogP contribution in [-0.2, 0) is 16.1 Å². The average molecular weight is 448 g/mol. The number of hydrogen-bond acceptors (Lipinski definition) is 6. The summed E-state index contributed by atoms with van der Waals surface area (Å²) in [4.78, 5) is 33.1. The summed E-state index contributed by atoms with van der Waals surface area (Å²) in [5.74, 6) is 0.0977. The molecule has 0 spiro atoms. The number of nitrogens with zero attached hydrogens (tertiary/aromatic N) is 3. The van der Waals surface area contributed by atoms with Crippen LogP contribution in [0.3, 0.4) is 0 Å². The van der Waals surface area contributed by atoms with E-state index in [0.717, 1.165) is 15.6 Å². The molecule has 0 radical (unpaired) electrons. The van der Waals surface area contributed by atoms with Gasteiger partial charge in [0.25, 0.3) is 5.56 Å². The molecule has 0 saturated heterocycles.